The summed E-state index contributed by atoms with van der Waals surface area (Å²) in [7, 11) is -3.06. The van der Waals surface area contributed by atoms with Gasteiger partial charge in [-0.3, -0.25) is 9.59 Å². The molecule has 0 spiro atoms. The summed E-state index contributed by atoms with van der Waals surface area (Å²) in [5.74, 6) is -0.474. The predicted octanol–water partition coefficient (Wildman–Crippen LogP) is 0.342. The molecule has 1 aromatic carbocycles. The average molecular weight is 352 g/mol. The number of para-hydroxylation sites is 1. The highest BCUT2D eigenvalue weighted by Gasteiger charge is 2.42. The van der Waals surface area contributed by atoms with Crippen LogP contribution >= 0.6 is 0 Å². The van der Waals surface area contributed by atoms with Crippen molar-refractivity contribution in [2.75, 3.05) is 18.1 Å². The molecule has 8 heteroatoms. The number of sulfone groups is 1. The smallest absolute Gasteiger partial charge is 0.261 e. The Balaban J connectivity index is 1.68. The van der Waals surface area contributed by atoms with Crippen molar-refractivity contribution >= 4 is 21.7 Å². The monoisotopic (exact) mass is 352 g/mol. The Hall–Kier alpha value is -2.09. The minimum absolute atomic E-state index is 0.0209. The summed E-state index contributed by atoms with van der Waals surface area (Å²) in [6, 6.07) is 6.29. The van der Waals surface area contributed by atoms with Crippen LogP contribution in [0, 0.1) is 0 Å². The standard InChI is InChI=1S/C16H20N2O5S/c17-16(20)13-3-1-2-4-14(13)23-9-15(19)18(11-5-6-11)12-7-8-24(21,22)10-12/h1-4,11-12H,5-10H2,(H2,17,20)/t12-/m1/s1. The van der Waals surface area contributed by atoms with Crippen LogP contribution in [0.25, 0.3) is 0 Å². The molecule has 2 fully saturated rings. The number of rotatable bonds is 6. The normalized spacial score (nSPS) is 22.1. The molecule has 7 nitrogen and oxygen atoms in total. The number of ether oxygens (including phenoxy) is 1. The van der Waals surface area contributed by atoms with Crippen LogP contribution in [0.5, 0.6) is 5.75 Å². The third-order valence-electron chi connectivity index (χ3n) is 4.33. The van der Waals surface area contributed by atoms with Crippen molar-refractivity contribution in [2.24, 2.45) is 5.73 Å². The van der Waals surface area contributed by atoms with Gasteiger partial charge in [-0.05, 0) is 31.4 Å². The van der Waals surface area contributed by atoms with Gasteiger partial charge in [0.2, 0.25) is 0 Å². The third kappa shape index (κ3) is 3.69. The van der Waals surface area contributed by atoms with E-state index in [1.165, 1.54) is 6.07 Å². The number of carbonyl (C=O) groups excluding carboxylic acids is 2. The van der Waals surface area contributed by atoms with Gasteiger partial charge in [-0.25, -0.2) is 8.42 Å². The molecule has 2 amide bonds. The zero-order valence-electron chi connectivity index (χ0n) is 13.2. The van der Waals surface area contributed by atoms with Gasteiger partial charge in [0.1, 0.15) is 5.75 Å². The first-order chi connectivity index (χ1) is 11.4. The van der Waals surface area contributed by atoms with Gasteiger partial charge in [0.25, 0.3) is 11.8 Å². The van der Waals surface area contributed by atoms with Gasteiger partial charge in [-0.2, -0.15) is 0 Å². The van der Waals surface area contributed by atoms with Crippen LogP contribution in [0.2, 0.25) is 0 Å². The number of hydrogen-bond acceptors (Lipinski definition) is 5. The van der Waals surface area contributed by atoms with E-state index in [2.05, 4.69) is 0 Å². The fourth-order valence-corrected chi connectivity index (χ4v) is 4.77. The van der Waals surface area contributed by atoms with Gasteiger partial charge >= 0.3 is 0 Å². The molecule has 0 unspecified atom stereocenters. The van der Waals surface area contributed by atoms with Crippen LogP contribution in [0.4, 0.5) is 0 Å². The van der Waals surface area contributed by atoms with E-state index >= 15 is 0 Å². The predicted molar refractivity (Wildman–Crippen MR) is 87.4 cm³/mol. The lowest BCUT2D eigenvalue weighted by atomic mass is 10.2. The van der Waals surface area contributed by atoms with E-state index in [0.29, 0.717) is 6.42 Å². The summed E-state index contributed by atoms with van der Waals surface area (Å²) in [4.78, 5) is 25.6. The summed E-state index contributed by atoms with van der Waals surface area (Å²) in [5, 5.41) is 0. The number of amides is 2. The summed E-state index contributed by atoms with van der Waals surface area (Å²) in [6.07, 6.45) is 2.25. The molecule has 1 aliphatic carbocycles. The summed E-state index contributed by atoms with van der Waals surface area (Å²) in [5.41, 5.74) is 5.50. The van der Waals surface area contributed by atoms with Gasteiger partial charge in [0.05, 0.1) is 17.1 Å². The molecule has 0 aromatic heterocycles. The highest BCUT2D eigenvalue weighted by Crippen LogP contribution is 2.32. The summed E-state index contributed by atoms with van der Waals surface area (Å²) in [6.45, 7) is -0.239. The number of nitrogens with two attached hydrogens (primary N) is 1. The minimum Gasteiger partial charge on any atom is -0.483 e. The third-order valence-corrected chi connectivity index (χ3v) is 6.08. The van der Waals surface area contributed by atoms with Crippen LogP contribution in [0.1, 0.15) is 29.6 Å². The van der Waals surface area contributed by atoms with Gasteiger partial charge in [0, 0.05) is 12.1 Å². The zero-order valence-corrected chi connectivity index (χ0v) is 14.0. The molecule has 2 aliphatic rings. The molecule has 0 bridgehead atoms. The van der Waals surface area contributed by atoms with E-state index in [-0.39, 0.29) is 47.4 Å². The first-order valence-electron chi connectivity index (χ1n) is 7.90. The summed E-state index contributed by atoms with van der Waals surface area (Å²) >= 11 is 0. The molecule has 0 radical (unpaired) electrons. The number of primary amides is 1. The van der Waals surface area contributed by atoms with Crippen molar-refractivity contribution in [3.05, 3.63) is 29.8 Å². The Kier molecular flexibility index (Phi) is 4.49. The molecule has 1 saturated carbocycles. The molecular weight excluding hydrogens is 332 g/mol. The number of hydrogen-bond donors (Lipinski definition) is 1. The second kappa shape index (κ2) is 6.43. The zero-order chi connectivity index (χ0) is 17.3. The van der Waals surface area contributed by atoms with Crippen LogP contribution in [-0.4, -0.2) is 55.3 Å². The van der Waals surface area contributed by atoms with Crippen molar-refractivity contribution in [1.82, 2.24) is 4.90 Å². The SMILES string of the molecule is NC(=O)c1ccccc1OCC(=O)N(C1CC1)[C@@H]1CCS(=O)(=O)C1. The molecule has 2 N–H and O–H groups in total. The molecule has 1 aliphatic heterocycles. The molecule has 3 rings (SSSR count). The van der Waals surface area contributed by atoms with Crippen molar-refractivity contribution in [3.63, 3.8) is 0 Å². The average Bonchev–Trinajstić information content (AvgIpc) is 3.29. The highest BCUT2D eigenvalue weighted by molar-refractivity contribution is 7.91. The number of nitrogens with zero attached hydrogens (tertiary/aromatic N) is 1. The van der Waals surface area contributed by atoms with Crippen LogP contribution < -0.4 is 10.5 Å². The maximum Gasteiger partial charge on any atom is 0.261 e. The summed E-state index contributed by atoms with van der Waals surface area (Å²) < 4.78 is 28.9. The molecular formula is C16H20N2O5S. The van der Waals surface area contributed by atoms with Gasteiger partial charge in [0.15, 0.2) is 16.4 Å². The lowest BCUT2D eigenvalue weighted by Crippen LogP contribution is -2.45. The minimum atomic E-state index is -3.06. The Morgan fingerprint density at radius 1 is 1.17 bits per heavy atom. The molecule has 1 atom stereocenters. The van der Waals surface area contributed by atoms with Crippen molar-refractivity contribution in [1.29, 1.82) is 0 Å². The van der Waals surface area contributed by atoms with Crippen LogP contribution in [0.15, 0.2) is 24.3 Å². The lowest BCUT2D eigenvalue weighted by molar-refractivity contribution is -0.135. The van der Waals surface area contributed by atoms with Crippen LogP contribution in [0.3, 0.4) is 0 Å². The van der Waals surface area contributed by atoms with E-state index in [9.17, 15) is 18.0 Å². The van der Waals surface area contributed by atoms with E-state index in [1.807, 2.05) is 0 Å². The van der Waals surface area contributed by atoms with Crippen molar-refractivity contribution < 1.29 is 22.7 Å². The second-order valence-corrected chi connectivity index (χ2v) is 8.47. The molecule has 24 heavy (non-hydrogen) atoms. The lowest BCUT2D eigenvalue weighted by Gasteiger charge is -2.28. The Morgan fingerprint density at radius 3 is 2.46 bits per heavy atom. The fourth-order valence-electron chi connectivity index (χ4n) is 3.06. The quantitative estimate of drug-likeness (QED) is 0.795. The Morgan fingerprint density at radius 2 is 1.88 bits per heavy atom. The fraction of sp³-hybridized carbons (Fsp3) is 0.500. The van der Waals surface area contributed by atoms with Gasteiger partial charge < -0.3 is 15.4 Å². The van der Waals surface area contributed by atoms with Gasteiger partial charge in [-0.15, -0.1) is 0 Å². The van der Waals surface area contributed by atoms with E-state index in [4.69, 9.17) is 10.5 Å². The van der Waals surface area contributed by atoms with E-state index < -0.39 is 15.7 Å². The molecule has 1 saturated heterocycles. The maximum atomic E-state index is 12.6. The Bertz CT molecular complexity index is 757. The van der Waals surface area contributed by atoms with Gasteiger partial charge in [-0.1, -0.05) is 12.1 Å². The maximum absolute atomic E-state index is 12.6. The van der Waals surface area contributed by atoms with Crippen molar-refractivity contribution in [3.8, 4) is 5.75 Å². The second-order valence-electron chi connectivity index (χ2n) is 6.24. The van der Waals surface area contributed by atoms with Crippen LogP contribution in [-0.2, 0) is 14.6 Å². The Labute approximate surface area is 140 Å². The van der Waals surface area contributed by atoms with E-state index in [0.717, 1.165) is 12.8 Å². The molecule has 1 heterocycles. The largest absolute Gasteiger partial charge is 0.483 e. The first-order valence-corrected chi connectivity index (χ1v) is 9.73. The number of carbonyl (C=O) groups is 2. The van der Waals surface area contributed by atoms with Crippen molar-refractivity contribution in [2.45, 2.75) is 31.3 Å². The first kappa shape index (κ1) is 16.8. The highest BCUT2D eigenvalue weighted by atomic mass is 32.2. The van der Waals surface area contributed by atoms with E-state index in [1.54, 1.807) is 23.1 Å². The topological polar surface area (TPSA) is 107 Å². The molecule has 1 aromatic rings. The number of benzene rings is 1. The molecule has 130 valence electrons.